The second-order valence-electron chi connectivity index (χ2n) is 8.02. The zero-order valence-corrected chi connectivity index (χ0v) is 20.3. The molecule has 3 aromatic rings. The summed E-state index contributed by atoms with van der Waals surface area (Å²) >= 11 is 0. The Hall–Kier alpha value is -3.49. The number of aryl methyl sites for hydroxylation is 1. The first-order valence-corrected chi connectivity index (χ1v) is 12.5. The van der Waals surface area contributed by atoms with Crippen molar-refractivity contribution >= 4 is 27.5 Å². The number of rotatable bonds is 9. The fourth-order valence-electron chi connectivity index (χ4n) is 3.36. The highest BCUT2D eigenvalue weighted by Gasteiger charge is 2.15. The summed E-state index contributed by atoms with van der Waals surface area (Å²) in [5.41, 5.74) is 4.01. The molecule has 7 nitrogen and oxygen atoms in total. The summed E-state index contributed by atoms with van der Waals surface area (Å²) in [6, 6.07) is 20.7. The molecule has 0 aliphatic carbocycles. The molecule has 0 fully saturated rings. The fourth-order valence-corrected chi connectivity index (χ4v) is 4.38. The minimum atomic E-state index is -3.72. The van der Waals surface area contributed by atoms with Gasteiger partial charge >= 0.3 is 0 Å². The van der Waals surface area contributed by atoms with Crippen LogP contribution in [0.5, 0.6) is 0 Å². The Morgan fingerprint density at radius 2 is 1.44 bits per heavy atom. The minimum absolute atomic E-state index is 0.0812. The predicted octanol–water partition coefficient (Wildman–Crippen LogP) is 4.18. The Kier molecular flexibility index (Phi) is 8.20. The van der Waals surface area contributed by atoms with Crippen LogP contribution >= 0.6 is 0 Å². The molecule has 34 heavy (non-hydrogen) atoms. The van der Waals surface area contributed by atoms with Crippen LogP contribution in [-0.2, 0) is 27.8 Å². The predicted molar refractivity (Wildman–Crippen MR) is 133 cm³/mol. The summed E-state index contributed by atoms with van der Waals surface area (Å²) in [5, 5.41) is 5.58. The second-order valence-corrected chi connectivity index (χ2v) is 9.78. The lowest BCUT2D eigenvalue weighted by molar-refractivity contribution is -0.114. The van der Waals surface area contributed by atoms with Gasteiger partial charge in [0.15, 0.2) is 0 Å². The smallest absolute Gasteiger partial charge is 0.251 e. The third-order valence-electron chi connectivity index (χ3n) is 5.40. The van der Waals surface area contributed by atoms with E-state index in [1.54, 1.807) is 24.3 Å². The first kappa shape index (κ1) is 25.1. The maximum Gasteiger partial charge on any atom is 0.251 e. The topological polar surface area (TPSA) is 104 Å². The summed E-state index contributed by atoms with van der Waals surface area (Å²) in [4.78, 5) is 23.8. The molecule has 1 unspecified atom stereocenters. The van der Waals surface area contributed by atoms with Crippen LogP contribution in [0, 0.1) is 0 Å². The molecular formula is C26H29N3O4S. The van der Waals surface area contributed by atoms with Crippen LogP contribution in [0.25, 0.3) is 0 Å². The summed E-state index contributed by atoms with van der Waals surface area (Å²) in [5.74, 6) is -0.426. The van der Waals surface area contributed by atoms with E-state index in [0.29, 0.717) is 11.3 Å². The molecule has 0 bridgehead atoms. The van der Waals surface area contributed by atoms with Crippen molar-refractivity contribution in [3.05, 3.63) is 95.1 Å². The van der Waals surface area contributed by atoms with Crippen LogP contribution in [0.1, 0.15) is 53.9 Å². The lowest BCUT2D eigenvalue weighted by atomic mass is 10.0. The van der Waals surface area contributed by atoms with Gasteiger partial charge in [-0.2, -0.15) is 0 Å². The van der Waals surface area contributed by atoms with E-state index in [9.17, 15) is 18.0 Å². The number of carbonyl (C=O) groups excluding carboxylic acids is 2. The van der Waals surface area contributed by atoms with Crippen molar-refractivity contribution in [3.8, 4) is 0 Å². The summed E-state index contributed by atoms with van der Waals surface area (Å²) in [6.45, 7) is 5.50. The van der Waals surface area contributed by atoms with Crippen molar-refractivity contribution in [2.75, 3.05) is 5.32 Å². The molecule has 0 spiro atoms. The van der Waals surface area contributed by atoms with Gasteiger partial charge in [-0.25, -0.2) is 13.1 Å². The number of amides is 2. The van der Waals surface area contributed by atoms with Crippen molar-refractivity contribution in [3.63, 3.8) is 0 Å². The monoisotopic (exact) mass is 479 g/mol. The zero-order valence-electron chi connectivity index (χ0n) is 19.5. The number of hydrogen-bond acceptors (Lipinski definition) is 4. The molecule has 3 rings (SSSR count). The van der Waals surface area contributed by atoms with Gasteiger partial charge < -0.3 is 10.6 Å². The summed E-state index contributed by atoms with van der Waals surface area (Å²) < 4.78 is 27.6. The second kappa shape index (κ2) is 11.1. The van der Waals surface area contributed by atoms with E-state index in [4.69, 9.17) is 0 Å². The number of benzene rings is 3. The van der Waals surface area contributed by atoms with Gasteiger partial charge in [0.05, 0.1) is 10.9 Å². The maximum absolute atomic E-state index is 12.6. The Labute approximate surface area is 200 Å². The van der Waals surface area contributed by atoms with Crippen molar-refractivity contribution in [1.82, 2.24) is 10.0 Å². The van der Waals surface area contributed by atoms with Crippen molar-refractivity contribution in [2.45, 2.75) is 44.7 Å². The Balaban J connectivity index is 1.57. The Morgan fingerprint density at radius 3 is 2.00 bits per heavy atom. The highest BCUT2D eigenvalue weighted by molar-refractivity contribution is 7.89. The van der Waals surface area contributed by atoms with Gasteiger partial charge in [0.2, 0.25) is 15.9 Å². The van der Waals surface area contributed by atoms with Gasteiger partial charge in [-0.1, -0.05) is 43.3 Å². The molecule has 0 heterocycles. The van der Waals surface area contributed by atoms with Crippen LogP contribution in [0.2, 0.25) is 0 Å². The van der Waals surface area contributed by atoms with Crippen LogP contribution in [0.15, 0.2) is 77.7 Å². The van der Waals surface area contributed by atoms with Crippen molar-refractivity contribution in [2.24, 2.45) is 0 Å². The minimum Gasteiger partial charge on any atom is -0.346 e. The number of carbonyl (C=O) groups is 2. The fraction of sp³-hybridized carbons (Fsp3) is 0.231. The molecule has 0 aromatic heterocycles. The summed E-state index contributed by atoms with van der Waals surface area (Å²) in [7, 11) is -3.72. The highest BCUT2D eigenvalue weighted by Crippen LogP contribution is 2.16. The highest BCUT2D eigenvalue weighted by atomic mass is 32.2. The van der Waals surface area contributed by atoms with Gasteiger partial charge in [0.25, 0.3) is 5.91 Å². The van der Waals surface area contributed by atoms with E-state index >= 15 is 0 Å². The Morgan fingerprint density at radius 1 is 0.853 bits per heavy atom. The lowest BCUT2D eigenvalue weighted by Gasteiger charge is -2.15. The van der Waals surface area contributed by atoms with E-state index < -0.39 is 10.0 Å². The van der Waals surface area contributed by atoms with E-state index in [2.05, 4.69) is 34.4 Å². The Bertz CT molecular complexity index is 1240. The SMILES string of the molecule is CCc1ccc(C(C)NC(=O)c2ccc(CNS(=O)(=O)c3ccc(NC(C)=O)cc3)cc2)cc1. The average molecular weight is 480 g/mol. The van der Waals surface area contributed by atoms with Gasteiger partial charge in [0, 0.05) is 24.7 Å². The average Bonchev–Trinajstić information content (AvgIpc) is 2.83. The number of hydrogen-bond donors (Lipinski definition) is 3. The first-order chi connectivity index (χ1) is 16.2. The van der Waals surface area contributed by atoms with Crippen LogP contribution in [0.4, 0.5) is 5.69 Å². The molecule has 0 aliphatic heterocycles. The van der Waals surface area contributed by atoms with E-state index in [-0.39, 0.29) is 29.3 Å². The normalized spacial score (nSPS) is 12.1. The van der Waals surface area contributed by atoms with Crippen molar-refractivity contribution in [1.29, 1.82) is 0 Å². The van der Waals surface area contributed by atoms with E-state index in [1.807, 2.05) is 19.1 Å². The van der Waals surface area contributed by atoms with Crippen molar-refractivity contribution < 1.29 is 18.0 Å². The summed E-state index contributed by atoms with van der Waals surface area (Å²) in [6.07, 6.45) is 0.967. The standard InChI is InChI=1S/C26H29N3O4S/c1-4-20-5-9-22(10-6-20)18(2)28-26(31)23-11-7-21(8-12-23)17-27-34(32,33)25-15-13-24(14-16-25)29-19(3)30/h5-16,18,27H,4,17H2,1-3H3,(H,28,31)(H,29,30). The molecule has 0 saturated carbocycles. The van der Waals surface area contributed by atoms with Crippen LogP contribution < -0.4 is 15.4 Å². The quantitative estimate of drug-likeness (QED) is 0.428. The van der Waals surface area contributed by atoms with Gasteiger partial charge in [-0.05, 0) is 66.4 Å². The molecule has 0 radical (unpaired) electrons. The van der Waals surface area contributed by atoms with Gasteiger partial charge in [-0.15, -0.1) is 0 Å². The number of anilines is 1. The molecule has 2 amide bonds. The molecular weight excluding hydrogens is 450 g/mol. The molecule has 0 aliphatic rings. The third-order valence-corrected chi connectivity index (χ3v) is 6.82. The number of nitrogens with one attached hydrogen (secondary N) is 3. The van der Waals surface area contributed by atoms with E-state index in [0.717, 1.165) is 17.5 Å². The first-order valence-electron chi connectivity index (χ1n) is 11.0. The number of sulfonamides is 1. The molecule has 0 saturated heterocycles. The van der Waals surface area contributed by atoms with Gasteiger partial charge in [-0.3, -0.25) is 9.59 Å². The lowest BCUT2D eigenvalue weighted by Crippen LogP contribution is -2.26. The maximum atomic E-state index is 12.6. The molecule has 8 heteroatoms. The van der Waals surface area contributed by atoms with Crippen LogP contribution in [0.3, 0.4) is 0 Å². The molecule has 3 N–H and O–H groups in total. The molecule has 178 valence electrons. The van der Waals surface area contributed by atoms with Crippen LogP contribution in [-0.4, -0.2) is 20.2 Å². The molecule has 3 aromatic carbocycles. The largest absolute Gasteiger partial charge is 0.346 e. The van der Waals surface area contributed by atoms with Gasteiger partial charge in [0.1, 0.15) is 0 Å². The van der Waals surface area contributed by atoms with E-state index in [1.165, 1.54) is 36.8 Å². The molecule has 1 atom stereocenters. The zero-order chi connectivity index (χ0) is 24.7. The third kappa shape index (κ3) is 6.76.